The molecule has 0 N–H and O–H groups in total. The van der Waals surface area contributed by atoms with E-state index in [1.807, 2.05) is 6.07 Å². The van der Waals surface area contributed by atoms with Crippen molar-refractivity contribution in [2.75, 3.05) is 4.90 Å². The number of para-hydroxylation sites is 2. The number of benzene rings is 8. The lowest BCUT2D eigenvalue weighted by atomic mass is 9.81. The molecule has 1 heterocycles. The van der Waals surface area contributed by atoms with Gasteiger partial charge >= 0.3 is 0 Å². The lowest BCUT2D eigenvalue weighted by Gasteiger charge is -2.29. The number of anilines is 3. The van der Waals surface area contributed by atoms with Crippen molar-refractivity contribution in [3.05, 3.63) is 187 Å². The van der Waals surface area contributed by atoms with E-state index in [0.717, 1.165) is 44.6 Å². The number of hydrogen-bond acceptors (Lipinski definition) is 2. The largest absolute Gasteiger partial charge is 0.455 e. The van der Waals surface area contributed by atoms with Gasteiger partial charge < -0.3 is 9.32 Å². The molecule has 0 spiro atoms. The normalized spacial score (nSPS) is 13.1. The minimum absolute atomic E-state index is 0.208. The summed E-state index contributed by atoms with van der Waals surface area (Å²) >= 11 is 0. The third kappa shape index (κ3) is 4.64. The summed E-state index contributed by atoms with van der Waals surface area (Å²) in [4.78, 5) is 2.42. The molecule has 0 saturated heterocycles. The molecule has 0 amide bonds. The third-order valence-corrected chi connectivity index (χ3v) is 10.9. The van der Waals surface area contributed by atoms with Crippen LogP contribution in [0.4, 0.5) is 17.1 Å². The number of hydrogen-bond donors (Lipinski definition) is 0. The molecule has 0 unspecified atom stereocenters. The summed E-state index contributed by atoms with van der Waals surface area (Å²) in [6.07, 6.45) is 0. The van der Waals surface area contributed by atoms with Gasteiger partial charge in [0.15, 0.2) is 0 Å². The highest BCUT2D eigenvalue weighted by atomic mass is 16.3. The summed E-state index contributed by atoms with van der Waals surface area (Å²) in [6, 6.07) is 63.6. The van der Waals surface area contributed by atoms with Crippen LogP contribution in [0.25, 0.3) is 66.1 Å². The lowest BCUT2D eigenvalue weighted by molar-refractivity contribution is 0.660. The van der Waals surface area contributed by atoms with Crippen molar-refractivity contribution < 1.29 is 4.42 Å². The zero-order valence-corrected chi connectivity index (χ0v) is 28.6. The monoisotopic (exact) mass is 653 g/mol. The highest BCUT2D eigenvalue weighted by Crippen LogP contribution is 2.52. The van der Waals surface area contributed by atoms with Crippen LogP contribution in [0.3, 0.4) is 0 Å². The highest BCUT2D eigenvalue weighted by molar-refractivity contribution is 6.09. The van der Waals surface area contributed by atoms with E-state index in [-0.39, 0.29) is 5.41 Å². The average Bonchev–Trinajstić information content (AvgIpc) is 3.67. The van der Waals surface area contributed by atoms with Crippen LogP contribution < -0.4 is 4.90 Å². The SMILES string of the molecule is CC1(C)c2cc(-c3cccc4c3oc3ccccc34)ccc2-c2ccc(N(c3ccc(-c4ccccc4)cc3)c3cccc4ccccc34)cc21. The molecular weight excluding hydrogens is 619 g/mol. The zero-order chi connectivity index (χ0) is 34.1. The molecule has 0 atom stereocenters. The second-order valence-electron chi connectivity index (χ2n) is 14.1. The Morgan fingerprint density at radius 1 is 0.431 bits per heavy atom. The van der Waals surface area contributed by atoms with E-state index in [1.165, 1.54) is 49.7 Å². The van der Waals surface area contributed by atoms with Gasteiger partial charge in [-0.25, -0.2) is 0 Å². The summed E-state index contributed by atoms with van der Waals surface area (Å²) in [6.45, 7) is 4.73. The lowest BCUT2D eigenvalue weighted by Crippen LogP contribution is -2.17. The minimum atomic E-state index is -0.208. The molecule has 10 rings (SSSR count). The van der Waals surface area contributed by atoms with E-state index in [1.54, 1.807) is 0 Å². The van der Waals surface area contributed by atoms with E-state index in [2.05, 4.69) is 189 Å². The van der Waals surface area contributed by atoms with Crippen LogP contribution in [0, 0.1) is 0 Å². The Bertz CT molecular complexity index is 2770. The number of nitrogens with zero attached hydrogens (tertiary/aromatic N) is 1. The summed E-state index contributed by atoms with van der Waals surface area (Å²) in [5.41, 5.74) is 15.1. The summed E-state index contributed by atoms with van der Waals surface area (Å²) in [5, 5.41) is 4.75. The van der Waals surface area contributed by atoms with Gasteiger partial charge in [-0.2, -0.15) is 0 Å². The van der Waals surface area contributed by atoms with Crippen LogP contribution in [0.1, 0.15) is 25.0 Å². The van der Waals surface area contributed by atoms with Crippen molar-refractivity contribution in [2.45, 2.75) is 19.3 Å². The topological polar surface area (TPSA) is 16.4 Å². The maximum atomic E-state index is 6.45. The van der Waals surface area contributed by atoms with Gasteiger partial charge in [0.1, 0.15) is 11.2 Å². The highest BCUT2D eigenvalue weighted by Gasteiger charge is 2.36. The number of furan rings is 1. The summed E-state index contributed by atoms with van der Waals surface area (Å²) < 4.78 is 6.45. The number of fused-ring (bicyclic) bond motifs is 7. The zero-order valence-electron chi connectivity index (χ0n) is 28.6. The van der Waals surface area contributed by atoms with Crippen LogP contribution in [0.5, 0.6) is 0 Å². The molecule has 1 aromatic heterocycles. The summed E-state index contributed by atoms with van der Waals surface area (Å²) in [5.74, 6) is 0. The fourth-order valence-electron chi connectivity index (χ4n) is 8.27. The van der Waals surface area contributed by atoms with Crippen LogP contribution in [-0.2, 0) is 5.41 Å². The van der Waals surface area contributed by atoms with Crippen molar-refractivity contribution >= 4 is 49.8 Å². The Hall–Kier alpha value is -6.38. The van der Waals surface area contributed by atoms with Gasteiger partial charge in [-0.3, -0.25) is 0 Å². The second-order valence-corrected chi connectivity index (χ2v) is 14.1. The summed E-state index contributed by atoms with van der Waals surface area (Å²) in [7, 11) is 0. The fourth-order valence-corrected chi connectivity index (χ4v) is 8.27. The van der Waals surface area contributed by atoms with E-state index in [4.69, 9.17) is 4.42 Å². The van der Waals surface area contributed by atoms with E-state index >= 15 is 0 Å². The van der Waals surface area contributed by atoms with E-state index in [0.29, 0.717) is 0 Å². The Labute approximate surface area is 297 Å². The molecule has 0 saturated carbocycles. The van der Waals surface area contributed by atoms with Gasteiger partial charge in [0.2, 0.25) is 0 Å². The van der Waals surface area contributed by atoms with Crippen molar-refractivity contribution in [1.29, 1.82) is 0 Å². The molecule has 0 aliphatic heterocycles. The second kappa shape index (κ2) is 11.3. The van der Waals surface area contributed by atoms with Gasteiger partial charge in [-0.1, -0.05) is 147 Å². The molecule has 51 heavy (non-hydrogen) atoms. The maximum absolute atomic E-state index is 6.45. The van der Waals surface area contributed by atoms with E-state index < -0.39 is 0 Å². The smallest absolute Gasteiger partial charge is 0.143 e. The van der Waals surface area contributed by atoms with Gasteiger partial charge in [0, 0.05) is 38.5 Å². The first-order valence-electron chi connectivity index (χ1n) is 17.7. The van der Waals surface area contributed by atoms with Gasteiger partial charge in [-0.15, -0.1) is 0 Å². The average molecular weight is 654 g/mol. The van der Waals surface area contributed by atoms with Crippen LogP contribution in [0.2, 0.25) is 0 Å². The maximum Gasteiger partial charge on any atom is 0.143 e. The Morgan fingerprint density at radius 2 is 1.04 bits per heavy atom. The van der Waals surface area contributed by atoms with Crippen molar-refractivity contribution in [3.8, 4) is 33.4 Å². The first kappa shape index (κ1) is 29.5. The molecule has 0 radical (unpaired) electrons. The Balaban J connectivity index is 1.10. The van der Waals surface area contributed by atoms with E-state index in [9.17, 15) is 0 Å². The standard InChI is InChI=1S/C49H35NO/c1-49(2)44-30-35(39-18-11-19-43-42-17-8-9-21-47(42)51-48(39)43)24-28-40(44)41-29-27-37(31-45(41)49)50(46-20-10-15-34-14-6-7-16-38(34)46)36-25-22-33(23-26-36)32-12-4-3-5-13-32/h3-31H,1-2H3. The number of rotatable bonds is 5. The molecule has 1 aliphatic rings. The minimum Gasteiger partial charge on any atom is -0.455 e. The van der Waals surface area contributed by atoms with Gasteiger partial charge in [0.05, 0.1) is 5.69 Å². The third-order valence-electron chi connectivity index (χ3n) is 10.9. The molecule has 2 nitrogen and oxygen atoms in total. The molecule has 1 aliphatic carbocycles. The van der Waals surface area contributed by atoms with Crippen LogP contribution >= 0.6 is 0 Å². The van der Waals surface area contributed by atoms with Crippen molar-refractivity contribution in [1.82, 2.24) is 0 Å². The Kier molecular flexibility index (Phi) is 6.56. The molecule has 2 heteroatoms. The Morgan fingerprint density at radius 3 is 1.88 bits per heavy atom. The predicted octanol–water partition coefficient (Wildman–Crippen LogP) is 13.8. The predicted molar refractivity (Wildman–Crippen MR) is 214 cm³/mol. The quantitative estimate of drug-likeness (QED) is 0.184. The molecule has 0 fully saturated rings. The molecule has 242 valence electrons. The molecule has 8 aromatic carbocycles. The van der Waals surface area contributed by atoms with Crippen LogP contribution in [0.15, 0.2) is 180 Å². The molecular formula is C49H35NO. The van der Waals surface area contributed by atoms with Crippen molar-refractivity contribution in [3.63, 3.8) is 0 Å². The first-order chi connectivity index (χ1) is 25.0. The fraction of sp³-hybridized carbons (Fsp3) is 0.0612. The molecule has 9 aromatic rings. The first-order valence-corrected chi connectivity index (χ1v) is 17.7. The molecule has 0 bridgehead atoms. The van der Waals surface area contributed by atoms with Gasteiger partial charge in [-0.05, 0) is 86.8 Å². The van der Waals surface area contributed by atoms with Crippen molar-refractivity contribution in [2.24, 2.45) is 0 Å². The van der Waals surface area contributed by atoms with Gasteiger partial charge in [0.25, 0.3) is 0 Å². The van der Waals surface area contributed by atoms with Crippen LogP contribution in [-0.4, -0.2) is 0 Å².